The molecule has 0 saturated heterocycles. The van der Waals surface area contributed by atoms with Gasteiger partial charge in [0, 0.05) is 11.4 Å². The summed E-state index contributed by atoms with van der Waals surface area (Å²) in [4.78, 5) is 1.39. The Morgan fingerprint density at radius 1 is 1.47 bits per heavy atom. The van der Waals surface area contributed by atoms with Crippen LogP contribution >= 0.6 is 27.3 Å². The van der Waals surface area contributed by atoms with Gasteiger partial charge in [-0.1, -0.05) is 0 Å². The summed E-state index contributed by atoms with van der Waals surface area (Å²) >= 11 is 5.31. The third-order valence-corrected chi connectivity index (χ3v) is 4.37. The van der Waals surface area contributed by atoms with Crippen LogP contribution < -0.4 is 5.32 Å². The summed E-state index contributed by atoms with van der Waals surface area (Å²) in [6.07, 6.45) is 2.84. The number of fused-ring (bicyclic) bond motifs is 1. The number of nitrogens with one attached hydrogen (secondary N) is 1. The van der Waals surface area contributed by atoms with Gasteiger partial charge in [-0.05, 0) is 45.4 Å². The van der Waals surface area contributed by atoms with E-state index in [-0.39, 0.29) is 6.04 Å². The van der Waals surface area contributed by atoms with E-state index in [0.29, 0.717) is 0 Å². The van der Waals surface area contributed by atoms with E-state index in [9.17, 15) is 0 Å². The van der Waals surface area contributed by atoms with Gasteiger partial charge in [-0.3, -0.25) is 0 Å². The van der Waals surface area contributed by atoms with Gasteiger partial charge in [0.25, 0.3) is 0 Å². The second-order valence-electron chi connectivity index (χ2n) is 3.58. The maximum atomic E-state index is 5.53. The van der Waals surface area contributed by atoms with E-state index in [1.165, 1.54) is 10.4 Å². The zero-order valence-electron chi connectivity index (χ0n) is 8.00. The summed E-state index contributed by atoms with van der Waals surface area (Å²) in [6, 6.07) is 4.38. The van der Waals surface area contributed by atoms with Crippen molar-refractivity contribution in [1.29, 1.82) is 0 Å². The molecule has 2 aromatic rings. The van der Waals surface area contributed by atoms with Crippen molar-refractivity contribution >= 4 is 27.3 Å². The number of furan rings is 1. The van der Waals surface area contributed by atoms with Crippen LogP contribution in [0.5, 0.6) is 0 Å². The molecule has 3 heterocycles. The van der Waals surface area contributed by atoms with Gasteiger partial charge in [0.05, 0.1) is 10.7 Å². The molecule has 1 atom stereocenters. The highest BCUT2D eigenvalue weighted by molar-refractivity contribution is 9.10. The largest absolute Gasteiger partial charge is 0.466 e. The van der Waals surface area contributed by atoms with E-state index in [1.54, 1.807) is 17.6 Å². The summed E-state index contributed by atoms with van der Waals surface area (Å²) in [5.41, 5.74) is 1.45. The van der Waals surface area contributed by atoms with Gasteiger partial charge in [0.15, 0.2) is 0 Å². The standard InChI is InChI=1S/C11H10BrNOS/c12-8-2-5-14-10(8)9-11-7(1-4-13-9)3-6-15-11/h2-3,5-6,9,13H,1,4H2. The predicted molar refractivity (Wildman–Crippen MR) is 64.3 cm³/mol. The number of thiophene rings is 1. The molecule has 15 heavy (non-hydrogen) atoms. The molecule has 1 unspecified atom stereocenters. The van der Waals surface area contributed by atoms with Crippen molar-refractivity contribution in [1.82, 2.24) is 5.32 Å². The molecule has 1 N–H and O–H groups in total. The van der Waals surface area contributed by atoms with Crippen LogP contribution in [0.1, 0.15) is 22.2 Å². The van der Waals surface area contributed by atoms with E-state index >= 15 is 0 Å². The molecule has 0 radical (unpaired) electrons. The molecule has 4 heteroatoms. The lowest BCUT2D eigenvalue weighted by atomic mass is 10.0. The Morgan fingerprint density at radius 3 is 3.20 bits per heavy atom. The Hall–Kier alpha value is -0.580. The molecule has 0 amide bonds. The molecule has 1 aliphatic heterocycles. The van der Waals surface area contributed by atoms with Gasteiger partial charge < -0.3 is 9.73 Å². The van der Waals surface area contributed by atoms with Gasteiger partial charge in [-0.2, -0.15) is 0 Å². The molecule has 1 aliphatic rings. The second kappa shape index (κ2) is 3.77. The van der Waals surface area contributed by atoms with Crippen molar-refractivity contribution in [3.63, 3.8) is 0 Å². The number of hydrogen-bond acceptors (Lipinski definition) is 3. The van der Waals surface area contributed by atoms with Crippen LogP contribution in [-0.4, -0.2) is 6.54 Å². The molecule has 0 saturated carbocycles. The maximum absolute atomic E-state index is 5.53. The average Bonchev–Trinajstić information content (AvgIpc) is 2.85. The Balaban J connectivity index is 2.07. The highest BCUT2D eigenvalue weighted by Crippen LogP contribution is 2.36. The highest BCUT2D eigenvalue weighted by Gasteiger charge is 2.26. The lowest BCUT2D eigenvalue weighted by Gasteiger charge is -2.22. The summed E-state index contributed by atoms with van der Waals surface area (Å²) in [7, 11) is 0. The first-order valence-corrected chi connectivity index (χ1v) is 6.56. The lowest BCUT2D eigenvalue weighted by Crippen LogP contribution is -2.29. The fourth-order valence-corrected chi connectivity index (χ4v) is 3.43. The molecule has 78 valence electrons. The quantitative estimate of drug-likeness (QED) is 0.869. The summed E-state index contributed by atoms with van der Waals surface area (Å²) < 4.78 is 6.57. The van der Waals surface area contributed by atoms with Gasteiger partial charge >= 0.3 is 0 Å². The topological polar surface area (TPSA) is 25.2 Å². The van der Waals surface area contributed by atoms with Gasteiger partial charge in [0.2, 0.25) is 0 Å². The third-order valence-electron chi connectivity index (χ3n) is 2.69. The van der Waals surface area contributed by atoms with Crippen LogP contribution in [-0.2, 0) is 6.42 Å². The van der Waals surface area contributed by atoms with E-state index in [2.05, 4.69) is 32.7 Å². The maximum Gasteiger partial charge on any atom is 0.140 e. The fourth-order valence-electron chi connectivity index (χ4n) is 1.97. The van der Waals surface area contributed by atoms with Crippen LogP contribution in [0.25, 0.3) is 0 Å². The minimum atomic E-state index is 0.220. The van der Waals surface area contributed by atoms with Crippen molar-refractivity contribution < 1.29 is 4.42 Å². The lowest BCUT2D eigenvalue weighted by molar-refractivity contribution is 0.438. The van der Waals surface area contributed by atoms with Crippen molar-refractivity contribution in [2.45, 2.75) is 12.5 Å². The smallest absolute Gasteiger partial charge is 0.140 e. The third kappa shape index (κ3) is 1.57. The van der Waals surface area contributed by atoms with Crippen LogP contribution in [0.2, 0.25) is 0 Å². The van der Waals surface area contributed by atoms with Crippen LogP contribution in [0.4, 0.5) is 0 Å². The van der Waals surface area contributed by atoms with Crippen molar-refractivity contribution in [2.24, 2.45) is 0 Å². The summed E-state index contributed by atoms with van der Waals surface area (Å²) in [6.45, 7) is 1.02. The van der Waals surface area contributed by atoms with E-state index in [0.717, 1.165) is 23.2 Å². The first-order valence-electron chi connectivity index (χ1n) is 4.89. The minimum absolute atomic E-state index is 0.220. The van der Waals surface area contributed by atoms with Gasteiger partial charge in [0.1, 0.15) is 11.8 Å². The predicted octanol–water partition coefficient (Wildman–Crippen LogP) is 3.34. The van der Waals surface area contributed by atoms with Crippen molar-refractivity contribution in [2.75, 3.05) is 6.54 Å². The number of rotatable bonds is 1. The Labute approximate surface area is 100 Å². The molecule has 0 bridgehead atoms. The molecule has 2 aromatic heterocycles. The first-order chi connectivity index (χ1) is 7.36. The zero-order chi connectivity index (χ0) is 10.3. The molecule has 0 spiro atoms. The second-order valence-corrected chi connectivity index (χ2v) is 5.38. The minimum Gasteiger partial charge on any atom is -0.466 e. The van der Waals surface area contributed by atoms with Crippen LogP contribution in [0, 0.1) is 0 Å². The van der Waals surface area contributed by atoms with Gasteiger partial charge in [-0.15, -0.1) is 11.3 Å². The van der Waals surface area contributed by atoms with E-state index < -0.39 is 0 Å². The SMILES string of the molecule is Brc1ccoc1C1NCCc2ccsc21. The molecule has 0 fully saturated rings. The normalized spacial score (nSPS) is 20.2. The summed E-state index contributed by atoms with van der Waals surface area (Å²) in [5, 5.41) is 5.65. The number of halogens is 1. The Kier molecular flexibility index (Phi) is 2.42. The fraction of sp³-hybridized carbons (Fsp3) is 0.273. The van der Waals surface area contributed by atoms with E-state index in [4.69, 9.17) is 4.42 Å². The molecule has 0 aliphatic carbocycles. The highest BCUT2D eigenvalue weighted by atomic mass is 79.9. The monoisotopic (exact) mass is 283 g/mol. The van der Waals surface area contributed by atoms with Crippen LogP contribution in [0.3, 0.4) is 0 Å². The zero-order valence-corrected chi connectivity index (χ0v) is 10.4. The Morgan fingerprint density at radius 2 is 2.40 bits per heavy atom. The van der Waals surface area contributed by atoms with Crippen LogP contribution in [0.15, 0.2) is 32.7 Å². The molecule has 2 nitrogen and oxygen atoms in total. The van der Waals surface area contributed by atoms with Crippen molar-refractivity contribution in [3.8, 4) is 0 Å². The molecule has 3 rings (SSSR count). The molecular formula is C11H10BrNOS. The van der Waals surface area contributed by atoms with E-state index in [1.807, 2.05) is 6.07 Å². The summed E-state index contributed by atoms with van der Waals surface area (Å²) in [5.74, 6) is 0.985. The molecular weight excluding hydrogens is 274 g/mol. The van der Waals surface area contributed by atoms with Crippen molar-refractivity contribution in [3.05, 3.63) is 44.4 Å². The average molecular weight is 284 g/mol. The molecule has 0 aromatic carbocycles. The number of hydrogen-bond donors (Lipinski definition) is 1. The Bertz CT molecular complexity index is 476. The van der Waals surface area contributed by atoms with Gasteiger partial charge in [-0.25, -0.2) is 0 Å². The first kappa shape index (κ1) is 9.63.